The third-order valence-corrected chi connectivity index (χ3v) is 2.58. The molecule has 4 nitrogen and oxygen atoms in total. The minimum Gasteiger partial charge on any atom is -0.464 e. The van der Waals surface area contributed by atoms with Crippen molar-refractivity contribution in [3.63, 3.8) is 0 Å². The first kappa shape index (κ1) is 9.18. The number of fused-ring (bicyclic) bond motifs is 2. The molecule has 0 amide bonds. The monoisotopic (exact) mass is 216 g/mol. The van der Waals surface area contributed by atoms with Gasteiger partial charge in [0, 0.05) is 16.8 Å². The summed E-state index contributed by atoms with van der Waals surface area (Å²) in [7, 11) is 0. The molecule has 2 aromatic heterocycles. The van der Waals surface area contributed by atoms with E-state index in [1.807, 2.05) is 6.07 Å². The van der Waals surface area contributed by atoms with E-state index in [9.17, 15) is 9.90 Å². The van der Waals surface area contributed by atoms with Crippen LogP contribution in [-0.2, 0) is 6.61 Å². The van der Waals surface area contributed by atoms with E-state index in [-0.39, 0.29) is 6.61 Å². The molecule has 16 heavy (non-hydrogen) atoms. The highest BCUT2D eigenvalue weighted by Crippen LogP contribution is 2.28. The predicted octanol–water partition coefficient (Wildman–Crippen LogP) is 2.03. The van der Waals surface area contributed by atoms with Gasteiger partial charge < -0.3 is 13.9 Å². The van der Waals surface area contributed by atoms with Gasteiger partial charge in [-0.05, 0) is 18.2 Å². The fraction of sp³-hybridized carbons (Fsp3) is 0.0833. The van der Waals surface area contributed by atoms with Crippen molar-refractivity contribution < 1.29 is 13.9 Å². The van der Waals surface area contributed by atoms with Crippen LogP contribution in [0.25, 0.3) is 21.9 Å². The van der Waals surface area contributed by atoms with Crippen LogP contribution in [0.15, 0.2) is 44.2 Å². The third-order valence-electron chi connectivity index (χ3n) is 2.58. The highest BCUT2D eigenvalue weighted by atomic mass is 16.4. The van der Waals surface area contributed by atoms with E-state index < -0.39 is 5.63 Å². The van der Waals surface area contributed by atoms with Gasteiger partial charge in [-0.1, -0.05) is 0 Å². The smallest absolute Gasteiger partial charge is 0.336 e. The molecule has 0 unspecified atom stereocenters. The molecular weight excluding hydrogens is 208 g/mol. The van der Waals surface area contributed by atoms with Crippen molar-refractivity contribution in [1.29, 1.82) is 0 Å². The van der Waals surface area contributed by atoms with E-state index in [0.717, 1.165) is 10.8 Å². The molecule has 0 fully saturated rings. The number of hydrogen-bond donors (Lipinski definition) is 1. The number of furan rings is 1. The van der Waals surface area contributed by atoms with Crippen LogP contribution in [0.2, 0.25) is 0 Å². The number of rotatable bonds is 1. The third kappa shape index (κ3) is 1.17. The molecule has 0 aliphatic rings. The SMILES string of the molecule is O=c1ccc2cc3ccoc3c(CO)c2o1. The van der Waals surface area contributed by atoms with Gasteiger partial charge >= 0.3 is 5.63 Å². The molecule has 0 spiro atoms. The summed E-state index contributed by atoms with van der Waals surface area (Å²) in [6.45, 7) is -0.228. The van der Waals surface area contributed by atoms with Crippen LogP contribution >= 0.6 is 0 Å². The topological polar surface area (TPSA) is 63.6 Å². The second-order valence-electron chi connectivity index (χ2n) is 3.52. The van der Waals surface area contributed by atoms with Crippen molar-refractivity contribution >= 4 is 21.9 Å². The molecule has 4 heteroatoms. The second-order valence-corrected chi connectivity index (χ2v) is 3.52. The fourth-order valence-electron chi connectivity index (χ4n) is 1.87. The lowest BCUT2D eigenvalue weighted by Crippen LogP contribution is -1.97. The van der Waals surface area contributed by atoms with E-state index in [1.165, 1.54) is 6.07 Å². The van der Waals surface area contributed by atoms with Crippen LogP contribution in [0, 0.1) is 0 Å². The molecule has 0 saturated heterocycles. The molecule has 2 heterocycles. The Labute approximate surface area is 89.7 Å². The van der Waals surface area contributed by atoms with Crippen LogP contribution in [0.3, 0.4) is 0 Å². The Morgan fingerprint density at radius 3 is 2.75 bits per heavy atom. The van der Waals surface area contributed by atoms with Gasteiger partial charge in [-0.3, -0.25) is 0 Å². The number of aliphatic hydroxyl groups is 1. The van der Waals surface area contributed by atoms with Crippen molar-refractivity contribution in [3.8, 4) is 0 Å². The lowest BCUT2D eigenvalue weighted by atomic mass is 10.1. The maximum absolute atomic E-state index is 11.1. The largest absolute Gasteiger partial charge is 0.464 e. The van der Waals surface area contributed by atoms with Gasteiger partial charge in [-0.2, -0.15) is 0 Å². The van der Waals surface area contributed by atoms with E-state index in [1.54, 1.807) is 18.4 Å². The van der Waals surface area contributed by atoms with Crippen molar-refractivity contribution in [2.45, 2.75) is 6.61 Å². The summed E-state index contributed by atoms with van der Waals surface area (Å²) in [5.74, 6) is 0. The summed E-state index contributed by atoms with van der Waals surface area (Å²) in [5.41, 5.74) is 1.02. The molecule has 0 bridgehead atoms. The van der Waals surface area contributed by atoms with E-state index >= 15 is 0 Å². The lowest BCUT2D eigenvalue weighted by molar-refractivity contribution is 0.281. The maximum atomic E-state index is 11.1. The molecule has 0 saturated carbocycles. The van der Waals surface area contributed by atoms with Gasteiger partial charge in [0.25, 0.3) is 0 Å². The molecule has 0 aliphatic heterocycles. The molecule has 3 aromatic rings. The molecular formula is C12H8O4. The number of aliphatic hydroxyl groups excluding tert-OH is 1. The first-order chi connectivity index (χ1) is 7.79. The molecule has 80 valence electrons. The Kier molecular flexibility index (Phi) is 1.84. The normalized spacial score (nSPS) is 11.3. The van der Waals surface area contributed by atoms with Crippen LogP contribution in [0.1, 0.15) is 5.56 Å². The number of benzene rings is 1. The Hall–Kier alpha value is -2.07. The Morgan fingerprint density at radius 2 is 1.94 bits per heavy atom. The summed E-state index contributed by atoms with van der Waals surface area (Å²) in [6, 6.07) is 6.69. The minimum absolute atomic E-state index is 0.228. The quantitative estimate of drug-likeness (QED) is 0.632. The average Bonchev–Trinajstić information content (AvgIpc) is 2.73. The zero-order valence-electron chi connectivity index (χ0n) is 8.27. The average molecular weight is 216 g/mol. The van der Waals surface area contributed by atoms with Crippen LogP contribution in [0.5, 0.6) is 0 Å². The zero-order valence-corrected chi connectivity index (χ0v) is 8.27. The molecule has 0 atom stereocenters. The van der Waals surface area contributed by atoms with Gasteiger partial charge in [0.1, 0.15) is 11.2 Å². The van der Waals surface area contributed by atoms with Crippen LogP contribution in [0.4, 0.5) is 0 Å². The number of hydrogen-bond acceptors (Lipinski definition) is 4. The van der Waals surface area contributed by atoms with Crippen molar-refractivity contribution in [2.24, 2.45) is 0 Å². The Balaban J connectivity index is 2.60. The fourth-order valence-corrected chi connectivity index (χ4v) is 1.87. The minimum atomic E-state index is -0.437. The van der Waals surface area contributed by atoms with Gasteiger partial charge in [-0.15, -0.1) is 0 Å². The predicted molar refractivity (Wildman–Crippen MR) is 58.2 cm³/mol. The standard InChI is InChI=1S/C12H8O4/c13-6-9-11-8(3-4-15-11)5-7-1-2-10(14)16-12(7)9/h1-5,13H,6H2. The summed E-state index contributed by atoms with van der Waals surface area (Å²) < 4.78 is 10.4. The highest BCUT2D eigenvalue weighted by Gasteiger charge is 2.11. The summed E-state index contributed by atoms with van der Waals surface area (Å²) in [5, 5.41) is 11.0. The van der Waals surface area contributed by atoms with Gasteiger partial charge in [-0.25, -0.2) is 4.79 Å². The summed E-state index contributed by atoms with van der Waals surface area (Å²) in [6.07, 6.45) is 1.54. The first-order valence-electron chi connectivity index (χ1n) is 4.83. The van der Waals surface area contributed by atoms with Gasteiger partial charge in [0.05, 0.1) is 18.4 Å². The lowest BCUT2D eigenvalue weighted by Gasteiger charge is -2.02. The molecule has 0 radical (unpaired) electrons. The van der Waals surface area contributed by atoms with Crippen LogP contribution in [-0.4, -0.2) is 5.11 Å². The molecule has 1 aromatic carbocycles. The maximum Gasteiger partial charge on any atom is 0.336 e. The van der Waals surface area contributed by atoms with Crippen molar-refractivity contribution in [1.82, 2.24) is 0 Å². The van der Waals surface area contributed by atoms with Gasteiger partial charge in [0.2, 0.25) is 0 Å². The highest BCUT2D eigenvalue weighted by molar-refractivity contribution is 5.96. The van der Waals surface area contributed by atoms with E-state index in [0.29, 0.717) is 16.7 Å². The molecule has 3 rings (SSSR count). The summed E-state index contributed by atoms with van der Waals surface area (Å²) >= 11 is 0. The van der Waals surface area contributed by atoms with E-state index in [2.05, 4.69) is 0 Å². The Bertz CT molecular complexity index is 721. The first-order valence-corrected chi connectivity index (χ1v) is 4.83. The molecule has 1 N–H and O–H groups in total. The van der Waals surface area contributed by atoms with E-state index in [4.69, 9.17) is 8.83 Å². The zero-order chi connectivity index (χ0) is 11.1. The summed E-state index contributed by atoms with van der Waals surface area (Å²) in [4.78, 5) is 11.1. The van der Waals surface area contributed by atoms with Crippen molar-refractivity contribution in [2.75, 3.05) is 0 Å². The second kappa shape index (κ2) is 3.21. The Morgan fingerprint density at radius 1 is 1.12 bits per heavy atom. The molecule has 0 aliphatic carbocycles. The van der Waals surface area contributed by atoms with Gasteiger partial charge in [0.15, 0.2) is 0 Å². The van der Waals surface area contributed by atoms with Crippen LogP contribution < -0.4 is 5.63 Å². The van der Waals surface area contributed by atoms with Crippen molar-refractivity contribution in [3.05, 3.63) is 46.5 Å².